The van der Waals surface area contributed by atoms with Gasteiger partial charge in [0.25, 0.3) is 0 Å². The minimum Gasteiger partial charge on any atom is -0.324 e. The number of hydrogen-bond donors (Lipinski definition) is 1. The fourth-order valence-electron chi connectivity index (χ4n) is 3.09. The number of rotatable bonds is 5. The lowest BCUT2D eigenvalue weighted by Crippen LogP contribution is -2.07. The minimum absolute atomic E-state index is 0.441. The lowest BCUT2D eigenvalue weighted by molar-refractivity contribution is 0.667. The minimum atomic E-state index is 0.441. The van der Waals surface area contributed by atoms with Gasteiger partial charge in [0.1, 0.15) is 5.82 Å². The molecule has 0 aliphatic rings. The lowest BCUT2D eigenvalue weighted by Gasteiger charge is -2.12. The molecule has 24 heavy (non-hydrogen) atoms. The zero-order valence-electron chi connectivity index (χ0n) is 15.1. The van der Waals surface area contributed by atoms with Crippen molar-refractivity contribution in [3.8, 4) is 0 Å². The zero-order chi connectivity index (χ0) is 17.3. The quantitative estimate of drug-likeness (QED) is 0.739. The molecular formula is C19H25N5. The third-order valence-electron chi connectivity index (χ3n) is 4.39. The van der Waals surface area contributed by atoms with Gasteiger partial charge in [-0.2, -0.15) is 14.6 Å². The molecule has 0 amide bonds. The Morgan fingerprint density at radius 2 is 1.96 bits per heavy atom. The Kier molecular flexibility index (Phi) is 4.51. The van der Waals surface area contributed by atoms with Crippen molar-refractivity contribution in [2.45, 2.75) is 53.4 Å². The van der Waals surface area contributed by atoms with E-state index in [1.165, 1.54) is 16.7 Å². The van der Waals surface area contributed by atoms with Crippen molar-refractivity contribution >= 4 is 17.3 Å². The van der Waals surface area contributed by atoms with E-state index in [4.69, 9.17) is 0 Å². The van der Waals surface area contributed by atoms with Crippen molar-refractivity contribution in [1.29, 1.82) is 0 Å². The van der Waals surface area contributed by atoms with Gasteiger partial charge in [-0.05, 0) is 44.7 Å². The molecule has 1 unspecified atom stereocenters. The second kappa shape index (κ2) is 6.59. The molecule has 2 heterocycles. The van der Waals surface area contributed by atoms with E-state index in [1.807, 2.05) is 17.6 Å². The molecule has 1 atom stereocenters. The maximum atomic E-state index is 4.63. The van der Waals surface area contributed by atoms with Crippen LogP contribution in [0.15, 0.2) is 24.4 Å². The molecule has 0 bridgehead atoms. The van der Waals surface area contributed by atoms with Gasteiger partial charge in [-0.1, -0.05) is 38.0 Å². The summed E-state index contributed by atoms with van der Waals surface area (Å²) in [6, 6.07) is 6.34. The van der Waals surface area contributed by atoms with Crippen LogP contribution >= 0.6 is 0 Å². The average Bonchev–Trinajstić information content (AvgIpc) is 2.94. The summed E-state index contributed by atoms with van der Waals surface area (Å²) in [5, 5.41) is 7.95. The number of benzene rings is 1. The molecule has 0 saturated heterocycles. The second-order valence-corrected chi connectivity index (χ2v) is 6.56. The standard InChI is InChI=1S/C19H25N5/c1-6-7-13(3)16-11-20-24-18(16)21-15(5)22-19(24)23-17-9-8-12(2)10-14(17)4/h8-11,13H,6-7H2,1-5H3,(H,21,22,23). The van der Waals surface area contributed by atoms with Gasteiger partial charge in [-0.25, -0.2) is 4.98 Å². The first kappa shape index (κ1) is 16.4. The van der Waals surface area contributed by atoms with Crippen molar-refractivity contribution in [3.05, 3.63) is 46.9 Å². The molecule has 0 aliphatic heterocycles. The number of nitrogens with one attached hydrogen (secondary N) is 1. The molecule has 2 aromatic heterocycles. The normalized spacial score (nSPS) is 12.5. The fraction of sp³-hybridized carbons (Fsp3) is 0.421. The van der Waals surface area contributed by atoms with E-state index in [2.05, 4.69) is 66.3 Å². The van der Waals surface area contributed by atoms with Crippen LogP contribution < -0.4 is 5.32 Å². The molecule has 0 saturated carbocycles. The van der Waals surface area contributed by atoms with Gasteiger partial charge >= 0.3 is 0 Å². The van der Waals surface area contributed by atoms with Crippen LogP contribution in [0.5, 0.6) is 0 Å². The van der Waals surface area contributed by atoms with Crippen LogP contribution in [0.4, 0.5) is 11.6 Å². The van der Waals surface area contributed by atoms with E-state index in [-0.39, 0.29) is 0 Å². The predicted octanol–water partition coefficient (Wildman–Crippen LogP) is 4.70. The van der Waals surface area contributed by atoms with Gasteiger partial charge in [0.2, 0.25) is 5.95 Å². The predicted molar refractivity (Wildman–Crippen MR) is 98.0 cm³/mol. The van der Waals surface area contributed by atoms with Crippen LogP contribution in [0, 0.1) is 20.8 Å². The molecular weight excluding hydrogens is 298 g/mol. The first-order valence-electron chi connectivity index (χ1n) is 8.56. The Morgan fingerprint density at radius 3 is 2.67 bits per heavy atom. The molecule has 1 aromatic carbocycles. The van der Waals surface area contributed by atoms with Crippen molar-refractivity contribution in [2.24, 2.45) is 0 Å². The molecule has 0 aliphatic carbocycles. The SMILES string of the molecule is CCCC(C)c1cnn2c(Nc3ccc(C)cc3C)nc(C)nc12. The summed E-state index contributed by atoms with van der Waals surface area (Å²) in [5.74, 6) is 1.90. The van der Waals surface area contributed by atoms with Gasteiger partial charge in [-0.3, -0.25) is 0 Å². The highest BCUT2D eigenvalue weighted by Crippen LogP contribution is 2.26. The number of anilines is 2. The number of nitrogens with zero attached hydrogens (tertiary/aromatic N) is 4. The Balaban J connectivity index is 2.05. The van der Waals surface area contributed by atoms with Crippen LogP contribution in [-0.2, 0) is 0 Å². The van der Waals surface area contributed by atoms with Crippen LogP contribution in [0.3, 0.4) is 0 Å². The van der Waals surface area contributed by atoms with E-state index >= 15 is 0 Å². The average molecular weight is 323 g/mol. The number of fused-ring (bicyclic) bond motifs is 1. The molecule has 5 heteroatoms. The smallest absolute Gasteiger partial charge is 0.232 e. The largest absolute Gasteiger partial charge is 0.324 e. The molecule has 1 N–H and O–H groups in total. The number of aryl methyl sites for hydroxylation is 3. The Bertz CT molecular complexity index is 866. The third kappa shape index (κ3) is 3.11. The van der Waals surface area contributed by atoms with Crippen molar-refractivity contribution in [3.63, 3.8) is 0 Å². The van der Waals surface area contributed by atoms with Gasteiger partial charge < -0.3 is 5.32 Å². The molecule has 3 aromatic rings. The molecule has 0 radical (unpaired) electrons. The summed E-state index contributed by atoms with van der Waals surface area (Å²) in [4.78, 5) is 9.18. The summed E-state index contributed by atoms with van der Waals surface area (Å²) in [7, 11) is 0. The van der Waals surface area contributed by atoms with Crippen molar-refractivity contribution in [2.75, 3.05) is 5.32 Å². The number of aromatic nitrogens is 4. The fourth-order valence-corrected chi connectivity index (χ4v) is 3.09. The maximum Gasteiger partial charge on any atom is 0.232 e. The highest BCUT2D eigenvalue weighted by molar-refractivity contribution is 5.62. The summed E-state index contributed by atoms with van der Waals surface area (Å²) >= 11 is 0. The highest BCUT2D eigenvalue weighted by atomic mass is 15.3. The second-order valence-electron chi connectivity index (χ2n) is 6.56. The van der Waals surface area contributed by atoms with Gasteiger partial charge in [-0.15, -0.1) is 0 Å². The Morgan fingerprint density at radius 1 is 1.17 bits per heavy atom. The first-order valence-corrected chi connectivity index (χ1v) is 8.56. The Labute approximate surface area is 143 Å². The van der Waals surface area contributed by atoms with Gasteiger partial charge in [0, 0.05) is 11.3 Å². The molecule has 5 nitrogen and oxygen atoms in total. The summed E-state index contributed by atoms with van der Waals surface area (Å²) in [5.41, 5.74) is 5.56. The Hall–Kier alpha value is -2.43. The zero-order valence-corrected chi connectivity index (χ0v) is 15.1. The number of hydrogen-bond acceptors (Lipinski definition) is 4. The van der Waals surface area contributed by atoms with Crippen LogP contribution in [0.25, 0.3) is 5.65 Å². The summed E-state index contributed by atoms with van der Waals surface area (Å²) < 4.78 is 1.81. The third-order valence-corrected chi connectivity index (χ3v) is 4.39. The summed E-state index contributed by atoms with van der Waals surface area (Å²) in [6.07, 6.45) is 4.21. The van der Waals surface area contributed by atoms with Gasteiger partial charge in [0.15, 0.2) is 5.65 Å². The van der Waals surface area contributed by atoms with Crippen LogP contribution in [0.2, 0.25) is 0 Å². The topological polar surface area (TPSA) is 55.1 Å². The van der Waals surface area contributed by atoms with E-state index in [1.54, 1.807) is 0 Å². The van der Waals surface area contributed by atoms with E-state index in [9.17, 15) is 0 Å². The van der Waals surface area contributed by atoms with Gasteiger partial charge in [0.05, 0.1) is 6.20 Å². The molecule has 0 fully saturated rings. The first-order chi connectivity index (χ1) is 11.5. The molecule has 126 valence electrons. The highest BCUT2D eigenvalue weighted by Gasteiger charge is 2.16. The van der Waals surface area contributed by atoms with E-state index < -0.39 is 0 Å². The summed E-state index contributed by atoms with van der Waals surface area (Å²) in [6.45, 7) is 10.6. The monoisotopic (exact) mass is 323 g/mol. The lowest BCUT2D eigenvalue weighted by atomic mass is 9.99. The van der Waals surface area contributed by atoms with Crippen molar-refractivity contribution in [1.82, 2.24) is 19.6 Å². The molecule has 0 spiro atoms. The van der Waals surface area contributed by atoms with Crippen LogP contribution in [-0.4, -0.2) is 19.6 Å². The van der Waals surface area contributed by atoms with Crippen molar-refractivity contribution < 1.29 is 0 Å². The van der Waals surface area contributed by atoms with E-state index in [0.717, 1.165) is 30.0 Å². The van der Waals surface area contributed by atoms with Crippen LogP contribution in [0.1, 0.15) is 55.1 Å². The molecule has 3 rings (SSSR count). The maximum absolute atomic E-state index is 4.63. The van der Waals surface area contributed by atoms with E-state index in [0.29, 0.717) is 11.9 Å².